The molecule has 0 saturated heterocycles. The van der Waals surface area contributed by atoms with Gasteiger partial charge in [-0.25, -0.2) is 13.1 Å². The highest BCUT2D eigenvalue weighted by molar-refractivity contribution is 7.89. The Kier molecular flexibility index (Phi) is 7.53. The summed E-state index contributed by atoms with van der Waals surface area (Å²) in [5, 5.41) is 2.81. The summed E-state index contributed by atoms with van der Waals surface area (Å²) in [6.07, 6.45) is 1.66. The number of aryl methyl sites for hydroxylation is 1. The van der Waals surface area contributed by atoms with Gasteiger partial charge in [-0.2, -0.15) is 0 Å². The Morgan fingerprint density at radius 1 is 1.00 bits per heavy atom. The molecule has 1 amide bonds. The van der Waals surface area contributed by atoms with Gasteiger partial charge in [-0.1, -0.05) is 19.1 Å². The van der Waals surface area contributed by atoms with E-state index in [4.69, 9.17) is 0 Å². The van der Waals surface area contributed by atoms with Gasteiger partial charge in [0.2, 0.25) is 10.0 Å². The van der Waals surface area contributed by atoms with Gasteiger partial charge in [0.25, 0.3) is 5.91 Å². The molecule has 0 radical (unpaired) electrons. The van der Waals surface area contributed by atoms with Crippen molar-refractivity contribution >= 4 is 21.6 Å². The highest BCUT2D eigenvalue weighted by atomic mass is 32.2. The number of benzene rings is 2. The van der Waals surface area contributed by atoms with Crippen LogP contribution in [0.2, 0.25) is 0 Å². The van der Waals surface area contributed by atoms with Crippen molar-refractivity contribution in [2.75, 3.05) is 32.5 Å². The Bertz CT molecular complexity index is 845. The topological polar surface area (TPSA) is 78.5 Å². The van der Waals surface area contributed by atoms with E-state index in [-0.39, 0.29) is 10.8 Å². The van der Waals surface area contributed by atoms with E-state index in [0.717, 1.165) is 19.4 Å². The van der Waals surface area contributed by atoms with Crippen LogP contribution in [-0.4, -0.2) is 46.4 Å². The molecule has 0 bridgehead atoms. The lowest BCUT2D eigenvalue weighted by Crippen LogP contribution is -2.27. The Morgan fingerprint density at radius 2 is 1.63 bits per heavy atom. The van der Waals surface area contributed by atoms with Gasteiger partial charge >= 0.3 is 0 Å². The number of sulfonamides is 1. The number of carbonyl (C=O) groups is 1. The molecule has 0 unspecified atom stereocenters. The van der Waals surface area contributed by atoms with E-state index >= 15 is 0 Å². The highest BCUT2D eigenvalue weighted by Gasteiger charge is 2.14. The maximum absolute atomic E-state index is 12.3. The molecule has 2 N–H and O–H groups in total. The maximum Gasteiger partial charge on any atom is 0.255 e. The molecule has 7 heteroatoms. The number of hydrogen-bond donors (Lipinski definition) is 2. The summed E-state index contributed by atoms with van der Waals surface area (Å²) in [7, 11) is 0.314. The second-order valence-electron chi connectivity index (χ2n) is 6.58. The normalized spacial score (nSPS) is 11.6. The molecule has 0 aliphatic heterocycles. The smallest absolute Gasteiger partial charge is 0.255 e. The van der Waals surface area contributed by atoms with Crippen LogP contribution in [0.25, 0.3) is 0 Å². The fourth-order valence-corrected chi connectivity index (χ4v) is 3.57. The summed E-state index contributed by atoms with van der Waals surface area (Å²) in [6, 6.07) is 13.6. The van der Waals surface area contributed by atoms with Gasteiger partial charge < -0.3 is 10.2 Å². The lowest BCUT2D eigenvalue weighted by atomic mass is 10.1. The van der Waals surface area contributed by atoms with E-state index < -0.39 is 10.0 Å². The van der Waals surface area contributed by atoms with Gasteiger partial charge in [-0.15, -0.1) is 0 Å². The van der Waals surface area contributed by atoms with Crippen molar-refractivity contribution in [3.05, 3.63) is 59.7 Å². The zero-order valence-electron chi connectivity index (χ0n) is 16.0. The molecule has 0 atom stereocenters. The molecular weight excluding hydrogens is 362 g/mol. The van der Waals surface area contributed by atoms with Gasteiger partial charge in [0.1, 0.15) is 0 Å². The monoisotopic (exact) mass is 389 g/mol. The second-order valence-corrected chi connectivity index (χ2v) is 8.35. The molecule has 6 nitrogen and oxygen atoms in total. The van der Waals surface area contributed by atoms with Crippen molar-refractivity contribution in [3.63, 3.8) is 0 Å². The first-order valence-electron chi connectivity index (χ1n) is 8.96. The second kappa shape index (κ2) is 9.64. The number of carbonyl (C=O) groups excluding carboxylic acids is 1. The summed E-state index contributed by atoms with van der Waals surface area (Å²) < 4.78 is 27.1. The summed E-state index contributed by atoms with van der Waals surface area (Å²) in [4.78, 5) is 14.5. The van der Waals surface area contributed by atoms with Crippen molar-refractivity contribution in [1.29, 1.82) is 0 Å². The zero-order chi connectivity index (χ0) is 19.9. The third-order valence-corrected chi connectivity index (χ3v) is 5.60. The molecule has 0 aliphatic rings. The number of rotatable bonds is 9. The van der Waals surface area contributed by atoms with E-state index in [1.165, 1.54) is 29.8 Å². The molecule has 0 spiro atoms. The van der Waals surface area contributed by atoms with Gasteiger partial charge in [0.15, 0.2) is 0 Å². The Hall–Kier alpha value is -2.22. The molecule has 146 valence electrons. The summed E-state index contributed by atoms with van der Waals surface area (Å²) in [5.74, 6) is -0.276. The SMILES string of the molecule is CCc1ccc(NC(=O)c2ccc(S(=O)(=O)NCCCN(C)C)cc2)cc1. The van der Waals surface area contributed by atoms with E-state index in [9.17, 15) is 13.2 Å². The van der Waals surface area contributed by atoms with Crippen LogP contribution in [0.5, 0.6) is 0 Å². The average molecular weight is 390 g/mol. The number of amides is 1. The standard InChI is InChI=1S/C20H27N3O3S/c1-4-16-6-10-18(11-7-16)22-20(24)17-8-12-19(13-9-17)27(25,26)21-14-5-15-23(2)3/h6-13,21H,4-5,14-15H2,1-3H3,(H,22,24). The summed E-state index contributed by atoms with van der Waals surface area (Å²) in [6.45, 7) is 3.25. The Labute approximate surface area is 161 Å². The number of hydrogen-bond acceptors (Lipinski definition) is 4. The van der Waals surface area contributed by atoms with Crippen LogP contribution in [0.15, 0.2) is 53.4 Å². The first-order valence-corrected chi connectivity index (χ1v) is 10.4. The minimum atomic E-state index is -3.57. The zero-order valence-corrected chi connectivity index (χ0v) is 16.8. The third kappa shape index (κ3) is 6.46. The first kappa shape index (κ1) is 21.1. The molecule has 2 rings (SSSR count). The quantitative estimate of drug-likeness (QED) is 0.647. The molecule has 2 aromatic carbocycles. The lowest BCUT2D eigenvalue weighted by molar-refractivity contribution is 0.102. The van der Waals surface area contributed by atoms with Gasteiger partial charge in [0, 0.05) is 17.8 Å². The van der Waals surface area contributed by atoms with E-state index in [1.54, 1.807) is 0 Å². The predicted octanol–water partition coefficient (Wildman–Crippen LogP) is 2.73. The largest absolute Gasteiger partial charge is 0.322 e. The van der Waals surface area contributed by atoms with Gasteiger partial charge in [-0.3, -0.25) is 4.79 Å². The average Bonchev–Trinajstić information content (AvgIpc) is 2.66. The molecular formula is C20H27N3O3S. The van der Waals surface area contributed by atoms with Crippen molar-refractivity contribution in [2.45, 2.75) is 24.7 Å². The van der Waals surface area contributed by atoms with Crippen molar-refractivity contribution in [1.82, 2.24) is 9.62 Å². The van der Waals surface area contributed by atoms with Crippen LogP contribution in [0.3, 0.4) is 0 Å². The van der Waals surface area contributed by atoms with Crippen LogP contribution in [0, 0.1) is 0 Å². The summed E-state index contributed by atoms with van der Waals surface area (Å²) >= 11 is 0. The molecule has 0 aliphatic carbocycles. The lowest BCUT2D eigenvalue weighted by Gasteiger charge is -2.11. The Morgan fingerprint density at radius 3 is 2.19 bits per heavy atom. The summed E-state index contributed by atoms with van der Waals surface area (Å²) in [5.41, 5.74) is 2.30. The minimum absolute atomic E-state index is 0.149. The highest BCUT2D eigenvalue weighted by Crippen LogP contribution is 2.14. The van der Waals surface area contributed by atoms with Gasteiger partial charge in [0.05, 0.1) is 4.90 Å². The maximum atomic E-state index is 12.3. The minimum Gasteiger partial charge on any atom is -0.322 e. The molecule has 0 saturated carbocycles. The number of anilines is 1. The van der Waals surface area contributed by atoms with Crippen molar-refractivity contribution in [3.8, 4) is 0 Å². The van der Waals surface area contributed by atoms with E-state index in [0.29, 0.717) is 17.8 Å². The third-order valence-electron chi connectivity index (χ3n) is 4.12. The fourth-order valence-electron chi connectivity index (χ4n) is 2.50. The molecule has 0 heterocycles. The van der Waals surface area contributed by atoms with E-state index in [2.05, 4.69) is 17.0 Å². The molecule has 2 aromatic rings. The van der Waals surface area contributed by atoms with Crippen LogP contribution < -0.4 is 10.0 Å². The van der Waals surface area contributed by atoms with Crippen LogP contribution >= 0.6 is 0 Å². The first-order chi connectivity index (χ1) is 12.8. The predicted molar refractivity (Wildman–Crippen MR) is 109 cm³/mol. The van der Waals surface area contributed by atoms with Crippen LogP contribution in [0.4, 0.5) is 5.69 Å². The number of nitrogens with one attached hydrogen (secondary N) is 2. The van der Waals surface area contributed by atoms with Gasteiger partial charge in [-0.05, 0) is 75.4 Å². The Balaban J connectivity index is 1.97. The molecule has 27 heavy (non-hydrogen) atoms. The van der Waals surface area contributed by atoms with E-state index in [1.807, 2.05) is 43.3 Å². The van der Waals surface area contributed by atoms with Crippen LogP contribution in [0.1, 0.15) is 29.3 Å². The van der Waals surface area contributed by atoms with Crippen LogP contribution in [-0.2, 0) is 16.4 Å². The number of nitrogens with zero attached hydrogens (tertiary/aromatic N) is 1. The fraction of sp³-hybridized carbons (Fsp3) is 0.350. The molecule has 0 fully saturated rings. The van der Waals surface area contributed by atoms with Crippen molar-refractivity contribution < 1.29 is 13.2 Å². The molecule has 0 aromatic heterocycles. The van der Waals surface area contributed by atoms with Crippen molar-refractivity contribution in [2.24, 2.45) is 0 Å².